The highest BCUT2D eigenvalue weighted by Crippen LogP contribution is 2.42. The van der Waals surface area contributed by atoms with Crippen molar-refractivity contribution in [1.29, 1.82) is 0 Å². The molecule has 2 aromatic rings. The fraction of sp³-hybridized carbons (Fsp3) is 0.773. The van der Waals surface area contributed by atoms with Crippen LogP contribution < -0.4 is 5.73 Å². The third kappa shape index (κ3) is 4.94. The Morgan fingerprint density at radius 2 is 1.66 bits per heavy atom. The number of anilines is 1. The van der Waals surface area contributed by atoms with E-state index in [2.05, 4.69) is 82.7 Å². The SMILES string of the molecule is CC(C)(C)[Si](C)(C)OC[C@@H]1OC(n2cnc3c(N)ncnc32)C[C@H]1O[Si](C)(C)C(C)(C)C. The summed E-state index contributed by atoms with van der Waals surface area (Å²) in [4.78, 5) is 12.9. The zero-order valence-electron chi connectivity index (χ0n) is 21.4. The highest BCUT2D eigenvalue weighted by Gasteiger charge is 2.46. The van der Waals surface area contributed by atoms with Crippen LogP contribution in [0.3, 0.4) is 0 Å². The Morgan fingerprint density at radius 3 is 2.25 bits per heavy atom. The van der Waals surface area contributed by atoms with Gasteiger partial charge < -0.3 is 19.3 Å². The second-order valence-corrected chi connectivity index (χ2v) is 21.5. The molecule has 3 rings (SSSR count). The van der Waals surface area contributed by atoms with Crippen LogP contribution in [0.5, 0.6) is 0 Å². The first-order valence-electron chi connectivity index (χ1n) is 11.4. The van der Waals surface area contributed by atoms with Crippen LogP contribution in [0.1, 0.15) is 54.2 Å². The van der Waals surface area contributed by atoms with Crippen LogP contribution in [-0.4, -0.2) is 55.0 Å². The predicted molar refractivity (Wildman–Crippen MR) is 133 cm³/mol. The number of hydrogen-bond donors (Lipinski definition) is 1. The van der Waals surface area contributed by atoms with Crippen molar-refractivity contribution >= 4 is 33.6 Å². The maximum atomic E-state index is 6.85. The third-order valence-electron chi connectivity index (χ3n) is 7.54. The van der Waals surface area contributed by atoms with Crippen molar-refractivity contribution in [3.8, 4) is 0 Å². The van der Waals surface area contributed by atoms with E-state index >= 15 is 0 Å². The summed E-state index contributed by atoms with van der Waals surface area (Å²) in [5.41, 5.74) is 7.26. The van der Waals surface area contributed by atoms with E-state index < -0.39 is 16.6 Å². The smallest absolute Gasteiger partial charge is 0.192 e. The summed E-state index contributed by atoms with van der Waals surface area (Å²) in [6.45, 7) is 23.2. The van der Waals surface area contributed by atoms with Crippen LogP contribution >= 0.6 is 0 Å². The standard InChI is InChI=1S/C22H41N5O3Si2/c1-21(2,3)31(7,8)28-12-16-15(30-32(9,10)22(4,5)6)11-17(29-16)27-14-26-18-19(23)24-13-25-20(18)27/h13-17H,11-12H2,1-10H3,(H2,23,24,25)/t15-,16+,17?/m1/s1. The summed E-state index contributed by atoms with van der Waals surface area (Å²) in [6.07, 6.45) is 3.47. The monoisotopic (exact) mass is 479 g/mol. The average Bonchev–Trinajstić information content (AvgIpc) is 3.22. The van der Waals surface area contributed by atoms with Gasteiger partial charge >= 0.3 is 0 Å². The molecular formula is C22H41N5O3Si2. The second-order valence-electron chi connectivity index (χ2n) is 11.9. The van der Waals surface area contributed by atoms with Crippen molar-refractivity contribution in [3.05, 3.63) is 12.7 Å². The number of fused-ring (bicyclic) bond motifs is 1. The van der Waals surface area contributed by atoms with Gasteiger partial charge in [0.05, 0.1) is 19.0 Å². The predicted octanol–water partition coefficient (Wildman–Crippen LogP) is 5.11. The number of nitrogens with zero attached hydrogens (tertiary/aromatic N) is 4. The molecule has 8 nitrogen and oxygen atoms in total. The Bertz CT molecular complexity index is 949. The number of ether oxygens (including phenoxy) is 1. The van der Waals surface area contributed by atoms with Crippen LogP contribution in [0, 0.1) is 0 Å². The maximum Gasteiger partial charge on any atom is 0.192 e. The van der Waals surface area contributed by atoms with E-state index in [1.54, 1.807) is 6.33 Å². The van der Waals surface area contributed by atoms with E-state index in [0.29, 0.717) is 30.0 Å². The van der Waals surface area contributed by atoms with Gasteiger partial charge in [-0.25, -0.2) is 15.0 Å². The van der Waals surface area contributed by atoms with Gasteiger partial charge in [0, 0.05) is 6.42 Å². The summed E-state index contributed by atoms with van der Waals surface area (Å²) in [5, 5.41) is 0.245. The Hall–Kier alpha value is -1.34. The Morgan fingerprint density at radius 1 is 1.03 bits per heavy atom. The number of nitrogens with two attached hydrogens (primary N) is 1. The zero-order chi connectivity index (χ0) is 24.1. The minimum absolute atomic E-state index is 0.0534. The summed E-state index contributed by atoms with van der Waals surface area (Å²) >= 11 is 0. The molecule has 3 atom stereocenters. The lowest BCUT2D eigenvalue weighted by Crippen LogP contribution is -2.48. The van der Waals surface area contributed by atoms with Gasteiger partial charge in [-0.3, -0.25) is 4.57 Å². The van der Waals surface area contributed by atoms with Crippen LogP contribution in [0.15, 0.2) is 12.7 Å². The van der Waals surface area contributed by atoms with Crippen molar-refractivity contribution in [2.75, 3.05) is 12.3 Å². The number of imidazole rings is 1. The molecule has 2 N–H and O–H groups in total. The molecule has 1 unspecified atom stereocenters. The van der Waals surface area contributed by atoms with Gasteiger partial charge in [0.25, 0.3) is 0 Å². The summed E-state index contributed by atoms with van der Waals surface area (Å²) in [5.74, 6) is 0.374. The molecule has 0 saturated carbocycles. The lowest BCUT2D eigenvalue weighted by Gasteiger charge is -2.40. The quantitative estimate of drug-likeness (QED) is 0.575. The summed E-state index contributed by atoms with van der Waals surface area (Å²) < 4.78 is 21.9. The van der Waals surface area contributed by atoms with Crippen molar-refractivity contribution in [1.82, 2.24) is 19.5 Å². The Labute approximate surface area is 194 Å². The molecule has 1 saturated heterocycles. The van der Waals surface area contributed by atoms with Crippen molar-refractivity contribution in [3.63, 3.8) is 0 Å². The van der Waals surface area contributed by atoms with Gasteiger partial charge in [-0.2, -0.15) is 0 Å². The summed E-state index contributed by atoms with van der Waals surface area (Å²) in [6, 6.07) is 0. The van der Waals surface area contributed by atoms with Crippen LogP contribution in [0.2, 0.25) is 36.3 Å². The topological polar surface area (TPSA) is 97.3 Å². The van der Waals surface area contributed by atoms with Crippen molar-refractivity contribution in [2.45, 2.75) is 103 Å². The molecule has 0 bridgehead atoms. The van der Waals surface area contributed by atoms with Crippen LogP contribution in [-0.2, 0) is 13.6 Å². The molecular weight excluding hydrogens is 438 g/mol. The van der Waals surface area contributed by atoms with E-state index in [9.17, 15) is 0 Å². The van der Waals surface area contributed by atoms with Gasteiger partial charge in [-0.1, -0.05) is 41.5 Å². The lowest BCUT2D eigenvalue weighted by atomic mass is 10.2. The average molecular weight is 480 g/mol. The molecule has 2 aromatic heterocycles. The van der Waals surface area contributed by atoms with E-state index in [1.165, 1.54) is 6.33 Å². The number of hydrogen-bond acceptors (Lipinski definition) is 7. The number of aromatic nitrogens is 4. The minimum Gasteiger partial charge on any atom is -0.414 e. The van der Waals surface area contributed by atoms with Crippen LogP contribution in [0.25, 0.3) is 11.2 Å². The summed E-state index contributed by atoms with van der Waals surface area (Å²) in [7, 11) is -3.91. The molecule has 10 heteroatoms. The van der Waals surface area contributed by atoms with Crippen molar-refractivity contribution in [2.24, 2.45) is 0 Å². The highest BCUT2D eigenvalue weighted by molar-refractivity contribution is 6.74. The maximum absolute atomic E-state index is 6.85. The highest BCUT2D eigenvalue weighted by atomic mass is 28.4. The minimum atomic E-state index is -2.00. The zero-order valence-corrected chi connectivity index (χ0v) is 23.4. The normalized spacial score (nSPS) is 23.2. The molecule has 0 aliphatic carbocycles. The molecule has 3 heterocycles. The van der Waals surface area contributed by atoms with Gasteiger partial charge in [0.15, 0.2) is 28.1 Å². The first-order chi connectivity index (χ1) is 14.5. The molecule has 0 aromatic carbocycles. The molecule has 0 amide bonds. The van der Waals surface area contributed by atoms with Gasteiger partial charge in [0.1, 0.15) is 24.2 Å². The van der Waals surface area contributed by atoms with Gasteiger partial charge in [0.2, 0.25) is 0 Å². The lowest BCUT2D eigenvalue weighted by molar-refractivity contribution is -0.0383. The van der Waals surface area contributed by atoms with Gasteiger partial charge in [-0.05, 0) is 36.3 Å². The van der Waals surface area contributed by atoms with Gasteiger partial charge in [-0.15, -0.1) is 0 Å². The van der Waals surface area contributed by atoms with E-state index in [1.807, 2.05) is 4.57 Å². The molecule has 180 valence electrons. The first-order valence-corrected chi connectivity index (χ1v) is 17.3. The largest absolute Gasteiger partial charge is 0.414 e. The molecule has 1 aliphatic heterocycles. The second kappa shape index (κ2) is 8.46. The fourth-order valence-electron chi connectivity index (χ4n) is 3.29. The van der Waals surface area contributed by atoms with E-state index in [0.717, 1.165) is 0 Å². The van der Waals surface area contributed by atoms with Crippen molar-refractivity contribution < 1.29 is 13.6 Å². The third-order valence-corrected chi connectivity index (χ3v) is 16.5. The Balaban J connectivity index is 1.87. The van der Waals surface area contributed by atoms with E-state index in [4.69, 9.17) is 19.3 Å². The molecule has 0 radical (unpaired) electrons. The Kier molecular flexibility index (Phi) is 6.69. The number of rotatable bonds is 6. The first kappa shape index (κ1) is 25.3. The number of nitrogen functional groups attached to an aromatic ring is 1. The molecule has 1 fully saturated rings. The molecule has 0 spiro atoms. The van der Waals surface area contributed by atoms with E-state index in [-0.39, 0.29) is 28.5 Å². The molecule has 32 heavy (non-hydrogen) atoms. The molecule has 1 aliphatic rings. The van der Waals surface area contributed by atoms with Crippen LogP contribution in [0.4, 0.5) is 5.82 Å². The fourth-order valence-corrected chi connectivity index (χ4v) is 5.66.